The zero-order valence-corrected chi connectivity index (χ0v) is 11.7. The molecule has 1 aliphatic heterocycles. The maximum absolute atomic E-state index is 11.8. The van der Waals surface area contributed by atoms with Gasteiger partial charge in [-0.2, -0.15) is 0 Å². The molecule has 1 atom stereocenters. The number of hydrogen-bond acceptors (Lipinski definition) is 6. The molecule has 1 fully saturated rings. The Morgan fingerprint density at radius 2 is 2.39 bits per heavy atom. The molecule has 0 saturated carbocycles. The highest BCUT2D eigenvalue weighted by atomic mass is 32.1. The zero-order chi connectivity index (χ0) is 13.2. The minimum atomic E-state index is -0.496. The third kappa shape index (κ3) is 3.51. The van der Waals surface area contributed by atoms with E-state index in [0.29, 0.717) is 12.3 Å². The van der Waals surface area contributed by atoms with Crippen LogP contribution in [0.15, 0.2) is 5.38 Å². The average molecular weight is 270 g/mol. The molecule has 100 valence electrons. The minimum absolute atomic E-state index is 0.0556. The quantitative estimate of drug-likeness (QED) is 0.830. The van der Waals surface area contributed by atoms with Gasteiger partial charge >= 0.3 is 5.97 Å². The lowest BCUT2D eigenvalue weighted by atomic mass is 10.2. The van der Waals surface area contributed by atoms with Crippen LogP contribution >= 0.6 is 11.3 Å². The van der Waals surface area contributed by atoms with Gasteiger partial charge in [0.1, 0.15) is 16.7 Å². The monoisotopic (exact) mass is 270 g/mol. The Morgan fingerprint density at radius 1 is 1.61 bits per heavy atom. The molecular formula is C12H18N2O3S. The average Bonchev–Trinajstić information content (AvgIpc) is 2.77. The summed E-state index contributed by atoms with van der Waals surface area (Å²) in [5, 5.41) is 5.78. The van der Waals surface area contributed by atoms with E-state index < -0.39 is 5.60 Å². The molecule has 18 heavy (non-hydrogen) atoms. The van der Waals surface area contributed by atoms with E-state index in [-0.39, 0.29) is 12.1 Å². The molecule has 0 amide bonds. The number of ether oxygens (including phenoxy) is 2. The first-order valence-corrected chi connectivity index (χ1v) is 6.85. The van der Waals surface area contributed by atoms with Crippen LogP contribution in [0.1, 0.15) is 42.4 Å². The van der Waals surface area contributed by atoms with Gasteiger partial charge in [0.2, 0.25) is 0 Å². The van der Waals surface area contributed by atoms with Crippen molar-refractivity contribution in [1.82, 2.24) is 10.3 Å². The van der Waals surface area contributed by atoms with Crippen LogP contribution in [0, 0.1) is 0 Å². The van der Waals surface area contributed by atoms with Gasteiger partial charge in [-0.05, 0) is 20.8 Å². The number of esters is 1. The lowest BCUT2D eigenvalue weighted by Gasteiger charge is -2.21. The summed E-state index contributed by atoms with van der Waals surface area (Å²) in [4.78, 5) is 16.1. The molecule has 0 spiro atoms. The Labute approximate surface area is 111 Å². The van der Waals surface area contributed by atoms with E-state index in [1.54, 1.807) is 5.38 Å². The van der Waals surface area contributed by atoms with E-state index in [1.165, 1.54) is 11.3 Å². The van der Waals surface area contributed by atoms with Gasteiger partial charge in [-0.25, -0.2) is 9.78 Å². The Bertz CT molecular complexity index is 419. The van der Waals surface area contributed by atoms with E-state index in [1.807, 2.05) is 20.8 Å². The van der Waals surface area contributed by atoms with Gasteiger partial charge in [0.15, 0.2) is 5.69 Å². The highest BCUT2D eigenvalue weighted by Crippen LogP contribution is 2.23. The Morgan fingerprint density at radius 3 is 3.00 bits per heavy atom. The normalized spacial score (nSPS) is 20.7. The fourth-order valence-electron chi connectivity index (χ4n) is 1.58. The number of nitrogens with one attached hydrogen (secondary N) is 1. The zero-order valence-electron chi connectivity index (χ0n) is 10.9. The van der Waals surface area contributed by atoms with E-state index in [4.69, 9.17) is 9.47 Å². The van der Waals surface area contributed by atoms with Crippen LogP contribution in [0.5, 0.6) is 0 Å². The van der Waals surface area contributed by atoms with Crippen molar-refractivity contribution in [3.05, 3.63) is 16.1 Å². The van der Waals surface area contributed by atoms with E-state index in [0.717, 1.165) is 18.1 Å². The predicted octanol–water partition coefficient (Wildman–Crippen LogP) is 1.76. The lowest BCUT2D eigenvalue weighted by Crippen LogP contribution is -2.33. The van der Waals surface area contributed by atoms with Crippen molar-refractivity contribution in [2.75, 3.05) is 19.7 Å². The number of morpholine rings is 1. The van der Waals surface area contributed by atoms with Crippen molar-refractivity contribution in [3.8, 4) is 0 Å². The molecule has 0 radical (unpaired) electrons. The van der Waals surface area contributed by atoms with E-state index >= 15 is 0 Å². The fraction of sp³-hybridized carbons (Fsp3) is 0.667. The maximum atomic E-state index is 11.8. The van der Waals surface area contributed by atoms with Gasteiger partial charge < -0.3 is 14.8 Å². The second kappa shape index (κ2) is 5.34. The summed E-state index contributed by atoms with van der Waals surface area (Å²) in [6.45, 7) is 7.79. The molecule has 1 aromatic heterocycles. The van der Waals surface area contributed by atoms with Crippen LogP contribution in [0.25, 0.3) is 0 Å². The molecule has 1 unspecified atom stereocenters. The standard InChI is InChI=1S/C12H18N2O3S/c1-12(2,3)17-11(15)8-7-18-10(14-8)9-6-13-4-5-16-9/h7,9,13H,4-6H2,1-3H3. The Kier molecular flexibility index (Phi) is 3.99. The van der Waals surface area contributed by atoms with Crippen LogP contribution < -0.4 is 5.32 Å². The fourth-order valence-corrected chi connectivity index (χ4v) is 2.42. The minimum Gasteiger partial charge on any atom is -0.455 e. The first-order chi connectivity index (χ1) is 8.46. The topological polar surface area (TPSA) is 60.5 Å². The second-order valence-electron chi connectivity index (χ2n) is 5.14. The van der Waals surface area contributed by atoms with Crippen LogP contribution in [-0.2, 0) is 9.47 Å². The third-order valence-electron chi connectivity index (χ3n) is 2.33. The van der Waals surface area contributed by atoms with Crippen LogP contribution in [0.4, 0.5) is 0 Å². The maximum Gasteiger partial charge on any atom is 0.358 e. The second-order valence-corrected chi connectivity index (χ2v) is 6.03. The van der Waals surface area contributed by atoms with E-state index in [2.05, 4.69) is 10.3 Å². The molecule has 1 saturated heterocycles. The van der Waals surface area contributed by atoms with Crippen LogP contribution in [0.2, 0.25) is 0 Å². The number of carbonyl (C=O) groups is 1. The number of thiazole rings is 1. The number of carbonyl (C=O) groups excluding carboxylic acids is 1. The summed E-state index contributed by atoms with van der Waals surface area (Å²) in [6, 6.07) is 0. The van der Waals surface area contributed by atoms with Crippen molar-refractivity contribution >= 4 is 17.3 Å². The summed E-state index contributed by atoms with van der Waals surface area (Å²) in [5.74, 6) is -0.381. The third-order valence-corrected chi connectivity index (χ3v) is 3.27. The molecule has 2 heterocycles. The SMILES string of the molecule is CC(C)(C)OC(=O)c1csc(C2CNCCO2)n1. The molecule has 1 aliphatic rings. The van der Waals surface area contributed by atoms with Crippen LogP contribution in [0.3, 0.4) is 0 Å². The molecule has 0 aromatic carbocycles. The number of nitrogens with zero attached hydrogens (tertiary/aromatic N) is 1. The first kappa shape index (κ1) is 13.5. The van der Waals surface area contributed by atoms with Crippen LogP contribution in [-0.4, -0.2) is 36.3 Å². The van der Waals surface area contributed by atoms with Crippen molar-refractivity contribution in [3.63, 3.8) is 0 Å². The van der Waals surface area contributed by atoms with Crippen molar-refractivity contribution in [2.45, 2.75) is 32.5 Å². The van der Waals surface area contributed by atoms with Gasteiger partial charge in [-0.15, -0.1) is 11.3 Å². The van der Waals surface area contributed by atoms with Gasteiger partial charge in [0, 0.05) is 18.5 Å². The highest BCUT2D eigenvalue weighted by Gasteiger charge is 2.23. The van der Waals surface area contributed by atoms with Crippen molar-refractivity contribution < 1.29 is 14.3 Å². The molecule has 1 N–H and O–H groups in total. The first-order valence-electron chi connectivity index (χ1n) is 5.97. The van der Waals surface area contributed by atoms with Crippen molar-refractivity contribution in [2.24, 2.45) is 0 Å². The summed E-state index contributed by atoms with van der Waals surface area (Å²) in [5.41, 5.74) is -0.136. The highest BCUT2D eigenvalue weighted by molar-refractivity contribution is 7.09. The largest absolute Gasteiger partial charge is 0.455 e. The lowest BCUT2D eigenvalue weighted by molar-refractivity contribution is 0.00606. The smallest absolute Gasteiger partial charge is 0.358 e. The Balaban J connectivity index is 2.03. The molecule has 1 aromatic rings. The summed E-state index contributed by atoms with van der Waals surface area (Å²) >= 11 is 1.43. The van der Waals surface area contributed by atoms with Gasteiger partial charge in [-0.3, -0.25) is 0 Å². The molecule has 6 heteroatoms. The number of aromatic nitrogens is 1. The molecule has 0 aliphatic carbocycles. The number of hydrogen-bond donors (Lipinski definition) is 1. The van der Waals surface area contributed by atoms with Gasteiger partial charge in [0.05, 0.1) is 6.61 Å². The summed E-state index contributed by atoms with van der Waals surface area (Å²) in [7, 11) is 0. The summed E-state index contributed by atoms with van der Waals surface area (Å²) in [6.07, 6.45) is -0.0556. The Hall–Kier alpha value is -0.980. The summed E-state index contributed by atoms with van der Waals surface area (Å²) < 4.78 is 10.9. The molecular weight excluding hydrogens is 252 g/mol. The van der Waals surface area contributed by atoms with Gasteiger partial charge in [0.25, 0.3) is 0 Å². The molecule has 5 nitrogen and oxygen atoms in total. The molecule has 2 rings (SSSR count). The van der Waals surface area contributed by atoms with Crippen molar-refractivity contribution in [1.29, 1.82) is 0 Å². The number of rotatable bonds is 2. The van der Waals surface area contributed by atoms with E-state index in [9.17, 15) is 4.79 Å². The predicted molar refractivity (Wildman–Crippen MR) is 68.8 cm³/mol. The van der Waals surface area contributed by atoms with Gasteiger partial charge in [-0.1, -0.05) is 0 Å². The molecule has 0 bridgehead atoms.